The number of hydroxylamine groups is 2. The second-order valence-corrected chi connectivity index (χ2v) is 7.41. The average Bonchev–Trinajstić information content (AvgIpc) is 2.64. The fourth-order valence-corrected chi connectivity index (χ4v) is 4.12. The van der Waals surface area contributed by atoms with Gasteiger partial charge >= 0.3 is 5.97 Å². The third kappa shape index (κ3) is 6.26. The SMILES string of the molecule is CCC[C@@H]([C@@H](CC1CCCCC1)C(=O)O)N(C=O)OC1CCCCO1. The molecule has 0 spiro atoms. The highest BCUT2D eigenvalue weighted by Gasteiger charge is 2.36. The van der Waals surface area contributed by atoms with Gasteiger partial charge in [0.25, 0.3) is 0 Å². The largest absolute Gasteiger partial charge is 0.481 e. The van der Waals surface area contributed by atoms with E-state index in [1.165, 1.54) is 24.3 Å². The molecule has 1 saturated heterocycles. The van der Waals surface area contributed by atoms with Gasteiger partial charge in [-0.05, 0) is 31.6 Å². The van der Waals surface area contributed by atoms with E-state index in [9.17, 15) is 14.7 Å². The van der Waals surface area contributed by atoms with E-state index in [1.54, 1.807) is 0 Å². The summed E-state index contributed by atoms with van der Waals surface area (Å²) in [6.07, 6.45) is 10.8. The Hall–Kier alpha value is -1.14. The van der Waals surface area contributed by atoms with Crippen LogP contribution in [0.1, 0.15) is 77.6 Å². The lowest BCUT2D eigenvalue weighted by atomic mass is 9.79. The van der Waals surface area contributed by atoms with E-state index in [1.807, 2.05) is 6.92 Å². The first-order valence-electron chi connectivity index (χ1n) is 9.90. The maximum atomic E-state index is 12.0. The summed E-state index contributed by atoms with van der Waals surface area (Å²) in [5, 5.41) is 11.1. The van der Waals surface area contributed by atoms with Crippen LogP contribution in [0.5, 0.6) is 0 Å². The Morgan fingerprint density at radius 3 is 2.52 bits per heavy atom. The fraction of sp³-hybridized carbons (Fsp3) is 0.895. The monoisotopic (exact) mass is 355 g/mol. The van der Waals surface area contributed by atoms with Crippen LogP contribution in [-0.4, -0.2) is 41.5 Å². The van der Waals surface area contributed by atoms with Gasteiger partial charge in [0.2, 0.25) is 6.41 Å². The Morgan fingerprint density at radius 1 is 1.24 bits per heavy atom. The number of nitrogens with zero attached hydrogens (tertiary/aromatic N) is 1. The minimum absolute atomic E-state index is 0.438. The number of amides is 1. The van der Waals surface area contributed by atoms with Crippen molar-refractivity contribution in [2.24, 2.45) is 11.8 Å². The minimum Gasteiger partial charge on any atom is -0.481 e. The number of hydrogen-bond acceptors (Lipinski definition) is 4. The van der Waals surface area contributed by atoms with Crippen LogP contribution in [0.15, 0.2) is 0 Å². The van der Waals surface area contributed by atoms with Crippen molar-refractivity contribution in [3.8, 4) is 0 Å². The number of carbonyl (C=O) groups is 2. The molecule has 1 unspecified atom stereocenters. The lowest BCUT2D eigenvalue weighted by Gasteiger charge is -2.36. The Bertz CT molecular complexity index is 405. The molecule has 1 N–H and O–H groups in total. The zero-order valence-electron chi connectivity index (χ0n) is 15.4. The molecule has 1 amide bonds. The summed E-state index contributed by atoms with van der Waals surface area (Å²) in [7, 11) is 0. The molecule has 1 saturated carbocycles. The predicted molar refractivity (Wildman–Crippen MR) is 93.6 cm³/mol. The maximum Gasteiger partial charge on any atom is 0.308 e. The third-order valence-corrected chi connectivity index (χ3v) is 5.49. The molecule has 1 aliphatic heterocycles. The van der Waals surface area contributed by atoms with Gasteiger partial charge in [-0.15, -0.1) is 0 Å². The molecule has 2 aliphatic rings. The highest BCUT2D eigenvalue weighted by atomic mass is 16.8. The Kier molecular flexibility index (Phi) is 8.68. The summed E-state index contributed by atoms with van der Waals surface area (Å²) in [6.45, 7) is 2.63. The van der Waals surface area contributed by atoms with Crippen molar-refractivity contribution in [3.63, 3.8) is 0 Å². The predicted octanol–water partition coefficient (Wildman–Crippen LogP) is 3.74. The number of carboxylic acids is 1. The fourth-order valence-electron chi connectivity index (χ4n) is 4.12. The molecule has 0 aromatic carbocycles. The van der Waals surface area contributed by atoms with Gasteiger partial charge in [0.15, 0.2) is 6.29 Å². The van der Waals surface area contributed by atoms with Crippen LogP contribution < -0.4 is 0 Å². The average molecular weight is 355 g/mol. The van der Waals surface area contributed by atoms with E-state index < -0.39 is 24.2 Å². The molecule has 0 aromatic rings. The standard InChI is InChI=1S/C19H33NO5/c1-2-8-17(20(14-21)25-18-11-6-7-12-24-18)16(19(22)23)13-15-9-4-3-5-10-15/h14-18H,2-13H2,1H3,(H,22,23)/t16-,17+,18?/m1/s1. The van der Waals surface area contributed by atoms with Crippen molar-refractivity contribution in [2.75, 3.05) is 6.61 Å². The molecule has 6 nitrogen and oxygen atoms in total. The highest BCUT2D eigenvalue weighted by molar-refractivity contribution is 5.71. The summed E-state index contributed by atoms with van der Waals surface area (Å²) in [6, 6.07) is -0.438. The molecule has 0 aromatic heterocycles. The van der Waals surface area contributed by atoms with Crippen LogP contribution in [0.3, 0.4) is 0 Å². The molecule has 144 valence electrons. The molecular formula is C19H33NO5. The van der Waals surface area contributed by atoms with E-state index >= 15 is 0 Å². The zero-order valence-corrected chi connectivity index (χ0v) is 15.4. The van der Waals surface area contributed by atoms with Gasteiger partial charge < -0.3 is 9.84 Å². The van der Waals surface area contributed by atoms with Crippen LogP contribution in [-0.2, 0) is 19.2 Å². The van der Waals surface area contributed by atoms with Gasteiger partial charge in [0.1, 0.15) is 0 Å². The van der Waals surface area contributed by atoms with Crippen molar-refractivity contribution in [1.29, 1.82) is 0 Å². The van der Waals surface area contributed by atoms with E-state index in [0.717, 1.165) is 38.5 Å². The third-order valence-electron chi connectivity index (χ3n) is 5.49. The first-order valence-corrected chi connectivity index (χ1v) is 9.90. The van der Waals surface area contributed by atoms with E-state index in [4.69, 9.17) is 9.57 Å². The van der Waals surface area contributed by atoms with Crippen molar-refractivity contribution in [2.45, 2.75) is 89.9 Å². The lowest BCUT2D eigenvalue weighted by molar-refractivity contribution is -0.290. The van der Waals surface area contributed by atoms with Gasteiger partial charge in [-0.1, -0.05) is 45.4 Å². The van der Waals surface area contributed by atoms with Crippen molar-refractivity contribution < 1.29 is 24.3 Å². The maximum absolute atomic E-state index is 12.0. The van der Waals surface area contributed by atoms with Crippen molar-refractivity contribution >= 4 is 12.4 Å². The Morgan fingerprint density at radius 2 is 1.96 bits per heavy atom. The first kappa shape index (κ1) is 20.2. The molecule has 0 radical (unpaired) electrons. The summed E-state index contributed by atoms with van der Waals surface area (Å²) in [4.78, 5) is 29.4. The van der Waals surface area contributed by atoms with Gasteiger partial charge in [-0.3, -0.25) is 9.59 Å². The molecule has 25 heavy (non-hydrogen) atoms. The lowest BCUT2D eigenvalue weighted by Crippen LogP contribution is -2.46. The second kappa shape index (κ2) is 10.8. The molecule has 6 heteroatoms. The number of carboxylic acid groups (broad SMARTS) is 1. The molecule has 1 aliphatic carbocycles. The van der Waals surface area contributed by atoms with E-state index in [0.29, 0.717) is 31.8 Å². The number of rotatable bonds is 10. The smallest absolute Gasteiger partial charge is 0.308 e. The van der Waals surface area contributed by atoms with Crippen molar-refractivity contribution in [1.82, 2.24) is 5.06 Å². The van der Waals surface area contributed by atoms with Crippen LogP contribution in [0.4, 0.5) is 0 Å². The summed E-state index contributed by atoms with van der Waals surface area (Å²) in [5.41, 5.74) is 0. The van der Waals surface area contributed by atoms with Gasteiger partial charge in [-0.25, -0.2) is 9.90 Å². The number of aliphatic carboxylic acids is 1. The quantitative estimate of drug-likeness (QED) is 0.477. The van der Waals surface area contributed by atoms with Crippen molar-refractivity contribution in [3.05, 3.63) is 0 Å². The topological polar surface area (TPSA) is 76.1 Å². The van der Waals surface area contributed by atoms with Crippen LogP contribution in [0, 0.1) is 11.8 Å². The number of hydrogen-bond donors (Lipinski definition) is 1. The summed E-state index contributed by atoms with van der Waals surface area (Å²) >= 11 is 0. The van der Waals surface area contributed by atoms with Gasteiger partial charge in [0.05, 0.1) is 12.0 Å². The van der Waals surface area contributed by atoms with Gasteiger partial charge in [-0.2, -0.15) is 0 Å². The first-order chi connectivity index (χ1) is 12.2. The van der Waals surface area contributed by atoms with Crippen LogP contribution in [0.25, 0.3) is 0 Å². The summed E-state index contributed by atoms with van der Waals surface area (Å²) < 4.78 is 5.56. The number of carbonyl (C=O) groups excluding carboxylic acids is 1. The molecular weight excluding hydrogens is 322 g/mol. The van der Waals surface area contributed by atoms with Crippen LogP contribution >= 0.6 is 0 Å². The van der Waals surface area contributed by atoms with E-state index in [-0.39, 0.29) is 0 Å². The molecule has 0 bridgehead atoms. The normalized spacial score (nSPS) is 24.4. The Balaban J connectivity index is 2.05. The van der Waals surface area contributed by atoms with Crippen LogP contribution in [0.2, 0.25) is 0 Å². The number of ether oxygens (including phenoxy) is 1. The molecule has 1 heterocycles. The zero-order chi connectivity index (χ0) is 18.1. The van der Waals surface area contributed by atoms with E-state index in [2.05, 4.69) is 0 Å². The van der Waals surface area contributed by atoms with Gasteiger partial charge in [0, 0.05) is 13.0 Å². The molecule has 2 rings (SSSR count). The highest BCUT2D eigenvalue weighted by Crippen LogP contribution is 2.33. The summed E-state index contributed by atoms with van der Waals surface area (Å²) in [5.74, 6) is -0.977. The minimum atomic E-state index is -0.830. The molecule has 2 fully saturated rings. The second-order valence-electron chi connectivity index (χ2n) is 7.41. The Labute approximate surface area is 150 Å². The molecule has 3 atom stereocenters.